The van der Waals surface area contributed by atoms with Crippen molar-refractivity contribution in [2.75, 3.05) is 5.32 Å². The van der Waals surface area contributed by atoms with Crippen LogP contribution in [0.1, 0.15) is 88.2 Å². The summed E-state index contributed by atoms with van der Waals surface area (Å²) in [6.45, 7) is 1.30. The second-order valence-electron chi connectivity index (χ2n) is 10.9. The number of halogens is 5. The van der Waals surface area contributed by atoms with Crippen molar-refractivity contribution in [2.45, 2.75) is 102 Å². The molecule has 12 heteroatoms. The first-order chi connectivity index (χ1) is 19.0. The maximum atomic E-state index is 15.3. The van der Waals surface area contributed by atoms with E-state index >= 15 is 4.39 Å². The first kappa shape index (κ1) is 32.0. The summed E-state index contributed by atoms with van der Waals surface area (Å²) in [6.07, 6.45) is 1.26. The fourth-order valence-electron chi connectivity index (χ4n) is 6.27. The standard InChI is InChI=1S/C28H38ClF4N3O4/c1-15(26(37)36-25(33)24(31)32)19-13-20(30)21(12-18(19)14-29)35-27(38)23(40-28(34)39)22(16-8-4-2-5-9-16)17-10-6-3-7-11-17/h12-13,15-17,22-25H,2-11,14H2,1H3,(H2,34,39)(H,35,38)(H,36,37). The topological polar surface area (TPSA) is 111 Å². The first-order valence-electron chi connectivity index (χ1n) is 13.9. The van der Waals surface area contributed by atoms with Gasteiger partial charge < -0.3 is 21.1 Å². The average Bonchev–Trinajstić information content (AvgIpc) is 2.93. The van der Waals surface area contributed by atoms with E-state index in [1.807, 2.05) is 0 Å². The summed E-state index contributed by atoms with van der Waals surface area (Å²) in [4.78, 5) is 37.8. The van der Waals surface area contributed by atoms with Gasteiger partial charge >= 0.3 is 6.09 Å². The van der Waals surface area contributed by atoms with E-state index in [1.165, 1.54) is 13.0 Å². The number of nitrogens with one attached hydrogen (secondary N) is 2. The first-order valence-corrected chi connectivity index (χ1v) is 14.4. The molecule has 4 N–H and O–H groups in total. The molecular weight excluding hydrogens is 554 g/mol. The number of carbonyl (C=O) groups is 3. The summed E-state index contributed by atoms with van der Waals surface area (Å²) in [7, 11) is 0. The SMILES string of the molecule is CC(C(=O)NC(F)C(F)F)c1cc(F)c(NC(=O)C(OC(N)=O)C(C2CCCCC2)C2CCCCC2)cc1CCl. The second-order valence-corrected chi connectivity index (χ2v) is 11.1. The smallest absolute Gasteiger partial charge is 0.405 e. The Kier molecular flexibility index (Phi) is 11.9. The van der Waals surface area contributed by atoms with Gasteiger partial charge in [-0.3, -0.25) is 9.59 Å². The Morgan fingerprint density at radius 2 is 1.52 bits per heavy atom. The molecule has 2 fully saturated rings. The Labute approximate surface area is 236 Å². The third-order valence-electron chi connectivity index (χ3n) is 8.23. The predicted octanol–water partition coefficient (Wildman–Crippen LogP) is 6.52. The van der Waals surface area contributed by atoms with Crippen molar-refractivity contribution in [3.8, 4) is 0 Å². The molecule has 0 bridgehead atoms. The van der Waals surface area contributed by atoms with E-state index in [0.29, 0.717) is 0 Å². The molecule has 0 heterocycles. The lowest BCUT2D eigenvalue weighted by Gasteiger charge is -2.41. The Morgan fingerprint density at radius 3 is 2.00 bits per heavy atom. The molecule has 2 aliphatic carbocycles. The molecule has 0 saturated heterocycles. The van der Waals surface area contributed by atoms with Gasteiger partial charge in [0.15, 0.2) is 6.10 Å². The van der Waals surface area contributed by atoms with Crippen molar-refractivity contribution in [1.29, 1.82) is 0 Å². The molecule has 3 atom stereocenters. The lowest BCUT2D eigenvalue weighted by molar-refractivity contribution is -0.130. The number of carbonyl (C=O) groups excluding carboxylic acids is 3. The van der Waals surface area contributed by atoms with Gasteiger partial charge in [0.1, 0.15) is 5.82 Å². The van der Waals surface area contributed by atoms with E-state index in [-0.39, 0.29) is 40.4 Å². The lowest BCUT2D eigenvalue weighted by Crippen LogP contribution is -2.46. The van der Waals surface area contributed by atoms with Crippen LogP contribution in [0, 0.1) is 23.6 Å². The normalized spacial score (nSPS) is 19.2. The summed E-state index contributed by atoms with van der Waals surface area (Å²) >= 11 is 6.04. The van der Waals surface area contributed by atoms with E-state index in [4.69, 9.17) is 22.1 Å². The van der Waals surface area contributed by atoms with Gasteiger partial charge in [0.2, 0.25) is 12.2 Å². The molecule has 2 saturated carbocycles. The number of alkyl halides is 4. The Morgan fingerprint density at radius 1 is 0.975 bits per heavy atom. The molecule has 1 aromatic carbocycles. The van der Waals surface area contributed by atoms with Crippen LogP contribution in [0.4, 0.5) is 28.0 Å². The highest BCUT2D eigenvalue weighted by Gasteiger charge is 2.42. The van der Waals surface area contributed by atoms with Gasteiger partial charge in [-0.05, 0) is 42.0 Å². The molecule has 0 spiro atoms. The highest BCUT2D eigenvalue weighted by atomic mass is 35.5. The molecule has 3 amide bonds. The number of amides is 3. The fraction of sp³-hybridized carbons (Fsp3) is 0.679. The molecular formula is C28H38ClF4N3O4. The van der Waals surface area contributed by atoms with E-state index in [2.05, 4.69) is 5.32 Å². The number of ether oxygens (including phenoxy) is 1. The maximum absolute atomic E-state index is 15.3. The van der Waals surface area contributed by atoms with Crippen LogP contribution < -0.4 is 16.4 Å². The summed E-state index contributed by atoms with van der Waals surface area (Å²) < 4.78 is 59.1. The van der Waals surface area contributed by atoms with Gasteiger partial charge in [-0.15, -0.1) is 11.6 Å². The zero-order valence-corrected chi connectivity index (χ0v) is 23.3. The monoisotopic (exact) mass is 591 g/mol. The van der Waals surface area contributed by atoms with Crippen LogP contribution in [0.5, 0.6) is 0 Å². The van der Waals surface area contributed by atoms with Crippen LogP contribution in [-0.4, -0.2) is 36.7 Å². The van der Waals surface area contributed by atoms with Crippen molar-refractivity contribution in [1.82, 2.24) is 5.32 Å². The highest BCUT2D eigenvalue weighted by molar-refractivity contribution is 6.17. The van der Waals surface area contributed by atoms with Crippen LogP contribution in [0.15, 0.2) is 12.1 Å². The summed E-state index contributed by atoms with van der Waals surface area (Å²) in [5.74, 6) is -4.09. The highest BCUT2D eigenvalue weighted by Crippen LogP contribution is 2.43. The van der Waals surface area contributed by atoms with E-state index in [0.717, 1.165) is 70.3 Å². The van der Waals surface area contributed by atoms with Crippen molar-refractivity contribution >= 4 is 35.2 Å². The minimum Gasteiger partial charge on any atom is -0.436 e. The lowest BCUT2D eigenvalue weighted by atomic mass is 9.67. The van der Waals surface area contributed by atoms with Crippen LogP contribution in [0.25, 0.3) is 0 Å². The zero-order valence-electron chi connectivity index (χ0n) is 22.6. The second kappa shape index (κ2) is 14.9. The van der Waals surface area contributed by atoms with E-state index in [1.54, 1.807) is 5.32 Å². The minimum atomic E-state index is -3.42. The Balaban J connectivity index is 1.88. The van der Waals surface area contributed by atoms with Crippen LogP contribution in [0.2, 0.25) is 0 Å². The zero-order chi connectivity index (χ0) is 29.4. The maximum Gasteiger partial charge on any atom is 0.405 e. The number of hydrogen-bond donors (Lipinski definition) is 3. The number of rotatable bonds is 11. The third kappa shape index (κ3) is 8.24. The number of benzene rings is 1. The van der Waals surface area contributed by atoms with Gasteiger partial charge in [0.25, 0.3) is 12.3 Å². The molecule has 224 valence electrons. The van der Waals surface area contributed by atoms with Gasteiger partial charge in [0, 0.05) is 11.8 Å². The quantitative estimate of drug-likeness (QED) is 0.154. The van der Waals surface area contributed by atoms with Crippen LogP contribution in [0.3, 0.4) is 0 Å². The van der Waals surface area contributed by atoms with Gasteiger partial charge in [-0.25, -0.2) is 22.4 Å². The summed E-state index contributed by atoms with van der Waals surface area (Å²) in [5.41, 5.74) is 5.42. The van der Waals surface area contributed by atoms with Gasteiger partial charge in [-0.1, -0.05) is 64.2 Å². The Bertz CT molecular complexity index is 1020. The van der Waals surface area contributed by atoms with Crippen LogP contribution >= 0.6 is 11.6 Å². The molecule has 1 aromatic rings. The molecule has 7 nitrogen and oxygen atoms in total. The molecule has 0 aromatic heterocycles. The average molecular weight is 592 g/mol. The molecule has 3 rings (SSSR count). The molecule has 0 radical (unpaired) electrons. The molecule has 40 heavy (non-hydrogen) atoms. The molecule has 0 aliphatic heterocycles. The fourth-order valence-corrected chi connectivity index (χ4v) is 6.50. The van der Waals surface area contributed by atoms with Crippen molar-refractivity contribution in [3.05, 3.63) is 29.1 Å². The summed E-state index contributed by atoms with van der Waals surface area (Å²) in [5, 5.41) is 4.08. The van der Waals surface area contributed by atoms with Crippen LogP contribution in [-0.2, 0) is 20.2 Å². The number of hydrogen-bond acceptors (Lipinski definition) is 4. The van der Waals surface area contributed by atoms with E-state index < -0.39 is 48.5 Å². The minimum absolute atomic E-state index is 0.0525. The van der Waals surface area contributed by atoms with Crippen molar-refractivity contribution in [2.24, 2.45) is 23.5 Å². The number of primary amides is 1. The summed E-state index contributed by atoms with van der Waals surface area (Å²) in [6, 6.07) is 2.19. The van der Waals surface area contributed by atoms with E-state index in [9.17, 15) is 27.6 Å². The molecule has 3 unspecified atom stereocenters. The largest absolute Gasteiger partial charge is 0.436 e. The third-order valence-corrected chi connectivity index (χ3v) is 8.52. The van der Waals surface area contributed by atoms with Crippen molar-refractivity contribution in [3.63, 3.8) is 0 Å². The van der Waals surface area contributed by atoms with Gasteiger partial charge in [0.05, 0.1) is 11.6 Å². The molecule has 2 aliphatic rings. The van der Waals surface area contributed by atoms with Crippen molar-refractivity contribution < 1.29 is 36.7 Å². The van der Waals surface area contributed by atoms with Gasteiger partial charge in [-0.2, -0.15) is 0 Å². The number of nitrogens with two attached hydrogens (primary N) is 1. The number of anilines is 1. The predicted molar refractivity (Wildman–Crippen MR) is 143 cm³/mol. The Hall–Kier alpha value is -2.56.